The quantitative estimate of drug-likeness (QED) is 0.799. The molecule has 1 saturated carbocycles. The van der Waals surface area contributed by atoms with Crippen LogP contribution in [0.3, 0.4) is 0 Å². The first-order valence-corrected chi connectivity index (χ1v) is 10.3. The van der Waals surface area contributed by atoms with E-state index in [2.05, 4.69) is 15.0 Å². The highest BCUT2D eigenvalue weighted by Gasteiger charge is 2.31. The van der Waals surface area contributed by atoms with Crippen molar-refractivity contribution in [3.05, 3.63) is 47.5 Å². The first-order chi connectivity index (χ1) is 12.9. The molecule has 9 heteroatoms. The minimum atomic E-state index is -3.89. The molecular weight excluding hydrogens is 393 g/mol. The normalized spacial score (nSPS) is 22.7. The summed E-state index contributed by atoms with van der Waals surface area (Å²) in [6.07, 6.45) is 0.188. The van der Waals surface area contributed by atoms with E-state index in [4.69, 9.17) is 16.3 Å². The smallest absolute Gasteiger partial charge is 0.287 e. The van der Waals surface area contributed by atoms with Crippen molar-refractivity contribution in [1.29, 1.82) is 0 Å². The van der Waals surface area contributed by atoms with Crippen LogP contribution in [0.15, 0.2) is 51.8 Å². The molecule has 6 nitrogen and oxygen atoms in total. The van der Waals surface area contributed by atoms with Gasteiger partial charge in [-0.1, -0.05) is 29.8 Å². The molecule has 0 atom stereocenters. The Morgan fingerprint density at radius 1 is 1.19 bits per heavy atom. The van der Waals surface area contributed by atoms with Crippen LogP contribution in [0.4, 0.5) is 10.1 Å². The standard InChI is InChI=1S/C18H17ClFN3O3S/c19-13-4-1-2-5-14(13)26-15-6-3-7-16-17(15)22-18(23-27(16,24)25)21-10-11-8-12(20)9-11/h1-7,11-12H,8-10H2,(H2,21,22,23). The second-order valence-electron chi connectivity index (χ2n) is 6.52. The number of benzene rings is 2. The fraction of sp³-hybridized carbons (Fsp3) is 0.278. The summed E-state index contributed by atoms with van der Waals surface area (Å²) in [6.45, 7) is 0.449. The molecule has 1 heterocycles. The number of para-hydroxylation sites is 2. The van der Waals surface area contributed by atoms with Gasteiger partial charge in [-0.2, -0.15) is 8.42 Å². The van der Waals surface area contributed by atoms with Crippen molar-refractivity contribution >= 4 is 33.3 Å². The molecule has 2 aromatic carbocycles. The zero-order chi connectivity index (χ0) is 19.0. The van der Waals surface area contributed by atoms with E-state index >= 15 is 0 Å². The average molecular weight is 410 g/mol. The number of fused-ring (bicyclic) bond motifs is 1. The highest BCUT2D eigenvalue weighted by molar-refractivity contribution is 7.90. The van der Waals surface area contributed by atoms with Crippen LogP contribution in [-0.2, 0) is 10.0 Å². The van der Waals surface area contributed by atoms with E-state index in [0.29, 0.717) is 35.9 Å². The molecule has 0 unspecified atom stereocenters. The number of guanidine groups is 1. The van der Waals surface area contributed by atoms with Crippen molar-refractivity contribution < 1.29 is 17.5 Å². The van der Waals surface area contributed by atoms with Gasteiger partial charge in [-0.3, -0.25) is 0 Å². The lowest BCUT2D eigenvalue weighted by Gasteiger charge is -2.30. The second-order valence-corrected chi connectivity index (χ2v) is 8.50. The maximum Gasteiger partial charge on any atom is 0.287 e. The number of alkyl halides is 1. The molecule has 0 saturated heterocycles. The van der Waals surface area contributed by atoms with Gasteiger partial charge in [-0.25, -0.2) is 4.39 Å². The van der Waals surface area contributed by atoms with E-state index in [1.165, 1.54) is 6.07 Å². The Balaban J connectivity index is 1.60. The predicted molar refractivity (Wildman–Crippen MR) is 102 cm³/mol. The minimum Gasteiger partial charge on any atom is -0.454 e. The summed E-state index contributed by atoms with van der Waals surface area (Å²) < 4.78 is 47.6. The number of halogens is 2. The Kier molecular flexibility index (Phi) is 4.69. The molecule has 2 aliphatic rings. The van der Waals surface area contributed by atoms with Crippen LogP contribution in [0.2, 0.25) is 5.02 Å². The highest BCUT2D eigenvalue weighted by atomic mass is 35.5. The second kappa shape index (κ2) is 7.01. The fourth-order valence-corrected chi connectivity index (χ4v) is 4.31. The van der Waals surface area contributed by atoms with Gasteiger partial charge in [0.15, 0.2) is 5.75 Å². The van der Waals surface area contributed by atoms with Crippen LogP contribution in [-0.4, -0.2) is 27.1 Å². The maximum atomic E-state index is 12.9. The lowest BCUT2D eigenvalue weighted by Crippen LogP contribution is -2.41. The zero-order valence-corrected chi connectivity index (χ0v) is 15.7. The average Bonchev–Trinajstić information content (AvgIpc) is 2.60. The van der Waals surface area contributed by atoms with Crippen LogP contribution in [0.5, 0.6) is 11.5 Å². The third kappa shape index (κ3) is 3.72. The molecule has 4 rings (SSSR count). The molecule has 2 aromatic rings. The molecule has 0 spiro atoms. The van der Waals surface area contributed by atoms with Gasteiger partial charge in [0, 0.05) is 6.54 Å². The van der Waals surface area contributed by atoms with Gasteiger partial charge in [-0.05, 0) is 43.0 Å². The van der Waals surface area contributed by atoms with Gasteiger partial charge in [0.25, 0.3) is 10.0 Å². The molecule has 0 amide bonds. The molecular formula is C18H17ClFN3O3S. The molecule has 142 valence electrons. The number of anilines is 1. The van der Waals surface area contributed by atoms with E-state index in [1.54, 1.807) is 36.4 Å². The van der Waals surface area contributed by atoms with Gasteiger partial charge >= 0.3 is 0 Å². The molecule has 1 fully saturated rings. The maximum absolute atomic E-state index is 12.9. The molecule has 27 heavy (non-hydrogen) atoms. The summed E-state index contributed by atoms with van der Waals surface area (Å²) in [5, 5.41) is 6.34. The van der Waals surface area contributed by atoms with Crippen molar-refractivity contribution in [3.8, 4) is 11.5 Å². The monoisotopic (exact) mass is 409 g/mol. The van der Waals surface area contributed by atoms with Crippen LogP contribution in [0.25, 0.3) is 0 Å². The highest BCUT2D eigenvalue weighted by Crippen LogP contribution is 2.39. The summed E-state index contributed by atoms with van der Waals surface area (Å²) >= 11 is 6.13. The Morgan fingerprint density at radius 3 is 2.67 bits per heavy atom. The Morgan fingerprint density at radius 2 is 1.93 bits per heavy atom. The largest absolute Gasteiger partial charge is 0.454 e. The predicted octanol–water partition coefficient (Wildman–Crippen LogP) is 3.94. The summed E-state index contributed by atoms with van der Waals surface area (Å²) in [4.78, 5) is 0.0186. The van der Waals surface area contributed by atoms with Gasteiger partial charge in [0.2, 0.25) is 5.96 Å². The molecule has 1 aliphatic heterocycles. The first-order valence-electron chi connectivity index (χ1n) is 8.48. The number of rotatable bonds is 4. The minimum absolute atomic E-state index is 0.0186. The topological polar surface area (TPSA) is 79.8 Å². The Bertz CT molecular complexity index is 1010. The molecule has 0 bridgehead atoms. The number of hydrogen-bond donors (Lipinski definition) is 2. The van der Waals surface area contributed by atoms with Crippen molar-refractivity contribution in [1.82, 2.24) is 5.32 Å². The van der Waals surface area contributed by atoms with Crippen LogP contribution in [0.1, 0.15) is 12.8 Å². The molecule has 1 aliphatic carbocycles. The van der Waals surface area contributed by atoms with Gasteiger partial charge in [0.1, 0.15) is 22.5 Å². The Labute approximate surface area is 161 Å². The lowest BCUT2D eigenvalue weighted by atomic mass is 9.83. The summed E-state index contributed by atoms with van der Waals surface area (Å²) in [7, 11) is -3.89. The van der Waals surface area contributed by atoms with Crippen molar-refractivity contribution in [2.75, 3.05) is 11.9 Å². The molecule has 2 N–H and O–H groups in total. The van der Waals surface area contributed by atoms with E-state index in [0.717, 1.165) is 0 Å². The number of sulfonamides is 1. The lowest BCUT2D eigenvalue weighted by molar-refractivity contribution is 0.133. The summed E-state index contributed by atoms with van der Waals surface area (Å²) in [5.41, 5.74) is 0.284. The van der Waals surface area contributed by atoms with Crippen molar-refractivity contribution in [2.24, 2.45) is 10.3 Å². The number of nitrogens with zero attached hydrogens (tertiary/aromatic N) is 1. The number of hydrogen-bond acceptors (Lipinski definition) is 5. The third-order valence-electron chi connectivity index (χ3n) is 4.51. The number of ether oxygens (including phenoxy) is 1. The first kappa shape index (κ1) is 18.1. The van der Waals surface area contributed by atoms with E-state index in [-0.39, 0.29) is 22.5 Å². The van der Waals surface area contributed by atoms with Crippen LogP contribution >= 0.6 is 11.6 Å². The van der Waals surface area contributed by atoms with Crippen LogP contribution < -0.4 is 15.4 Å². The van der Waals surface area contributed by atoms with E-state index in [9.17, 15) is 12.8 Å². The SMILES string of the molecule is O=S1(=O)N=C(NCC2CC(F)C2)Nc2c(Oc3ccccc3Cl)cccc21. The third-order valence-corrected chi connectivity index (χ3v) is 6.14. The zero-order valence-electron chi connectivity index (χ0n) is 14.2. The number of nitrogens with one attached hydrogen (secondary N) is 2. The van der Waals surface area contributed by atoms with E-state index in [1.807, 2.05) is 0 Å². The molecule has 0 radical (unpaired) electrons. The summed E-state index contributed by atoms with van der Waals surface area (Å²) in [5.74, 6) is 0.987. The van der Waals surface area contributed by atoms with Crippen molar-refractivity contribution in [3.63, 3.8) is 0 Å². The molecule has 0 aromatic heterocycles. The van der Waals surface area contributed by atoms with Gasteiger partial charge in [-0.15, -0.1) is 4.40 Å². The van der Waals surface area contributed by atoms with Crippen LogP contribution in [0, 0.1) is 5.92 Å². The van der Waals surface area contributed by atoms with Crippen molar-refractivity contribution in [2.45, 2.75) is 23.9 Å². The Hall–Kier alpha value is -2.32. The van der Waals surface area contributed by atoms with Gasteiger partial charge in [0.05, 0.1) is 5.02 Å². The fourth-order valence-electron chi connectivity index (χ4n) is 3.03. The van der Waals surface area contributed by atoms with E-state index < -0.39 is 16.2 Å². The van der Waals surface area contributed by atoms with Gasteiger partial charge < -0.3 is 15.4 Å². The summed E-state index contributed by atoms with van der Waals surface area (Å²) in [6, 6.07) is 11.6.